The molecule has 1 aromatic carbocycles. The van der Waals surface area contributed by atoms with Crippen molar-refractivity contribution in [2.24, 2.45) is 5.92 Å². The molecule has 0 bridgehead atoms. The van der Waals surface area contributed by atoms with Crippen molar-refractivity contribution in [3.8, 4) is 0 Å². The molecule has 2 amide bonds. The highest BCUT2D eigenvalue weighted by atomic mass is 16.2. The monoisotopic (exact) mass is 407 g/mol. The van der Waals surface area contributed by atoms with E-state index in [0.717, 1.165) is 24.3 Å². The first-order valence-electron chi connectivity index (χ1n) is 10.2. The van der Waals surface area contributed by atoms with Gasteiger partial charge in [-0.15, -0.1) is 5.10 Å². The van der Waals surface area contributed by atoms with E-state index in [1.165, 1.54) is 12.5 Å². The molecule has 0 saturated carbocycles. The van der Waals surface area contributed by atoms with Crippen molar-refractivity contribution < 1.29 is 14.4 Å². The van der Waals surface area contributed by atoms with Crippen molar-refractivity contribution >= 4 is 29.1 Å². The first-order chi connectivity index (χ1) is 14.5. The number of nitrogens with zero attached hydrogens (tertiary/aromatic N) is 4. The van der Waals surface area contributed by atoms with Crippen molar-refractivity contribution in [2.75, 3.05) is 36.4 Å². The molecule has 2 aliphatic heterocycles. The quantitative estimate of drug-likeness (QED) is 0.760. The van der Waals surface area contributed by atoms with Crippen LogP contribution in [0.25, 0.3) is 0 Å². The van der Waals surface area contributed by atoms with Crippen LogP contribution in [0.5, 0.6) is 0 Å². The van der Waals surface area contributed by atoms with Gasteiger partial charge in [-0.3, -0.25) is 14.4 Å². The van der Waals surface area contributed by atoms with Crippen molar-refractivity contribution in [1.29, 1.82) is 0 Å². The van der Waals surface area contributed by atoms with Crippen LogP contribution >= 0.6 is 0 Å². The van der Waals surface area contributed by atoms with E-state index >= 15 is 0 Å². The Balaban J connectivity index is 1.26. The van der Waals surface area contributed by atoms with Gasteiger partial charge in [0.1, 0.15) is 0 Å². The molecule has 1 N–H and O–H groups in total. The number of carbonyl (C=O) groups excluding carboxylic acids is 3. The number of likely N-dealkylation sites (tertiary alicyclic amines) is 1. The van der Waals surface area contributed by atoms with Gasteiger partial charge < -0.3 is 15.1 Å². The lowest BCUT2D eigenvalue weighted by Gasteiger charge is -2.38. The van der Waals surface area contributed by atoms with E-state index in [4.69, 9.17) is 0 Å². The van der Waals surface area contributed by atoms with Crippen LogP contribution in [0.4, 0.5) is 11.5 Å². The van der Waals surface area contributed by atoms with Crippen molar-refractivity contribution in [3.63, 3.8) is 0 Å². The molecular weight excluding hydrogens is 382 g/mol. The minimum absolute atomic E-state index is 0.0129. The predicted octanol–water partition coefficient (Wildman–Crippen LogP) is 1.85. The molecule has 2 fully saturated rings. The van der Waals surface area contributed by atoms with E-state index in [2.05, 4.69) is 15.5 Å². The number of rotatable bonds is 5. The van der Waals surface area contributed by atoms with Crippen LogP contribution in [0.3, 0.4) is 0 Å². The van der Waals surface area contributed by atoms with Gasteiger partial charge in [0.25, 0.3) is 5.91 Å². The van der Waals surface area contributed by atoms with E-state index in [1.807, 2.05) is 41.3 Å². The average molecular weight is 407 g/mol. The summed E-state index contributed by atoms with van der Waals surface area (Å²) < 4.78 is 0. The number of nitrogens with one attached hydrogen (secondary N) is 1. The third kappa shape index (κ3) is 4.32. The van der Waals surface area contributed by atoms with Crippen LogP contribution < -0.4 is 10.2 Å². The SMILES string of the molecule is CC(=O)C(=O)N1CCC(c2ccc(NC(=O)C3CN(c4cccnn4)C3)cc2)CC1. The van der Waals surface area contributed by atoms with Gasteiger partial charge in [0.2, 0.25) is 11.7 Å². The summed E-state index contributed by atoms with van der Waals surface area (Å²) in [5, 5.41) is 10.9. The van der Waals surface area contributed by atoms with E-state index in [-0.39, 0.29) is 17.7 Å². The molecule has 0 atom stereocenters. The largest absolute Gasteiger partial charge is 0.353 e. The van der Waals surface area contributed by atoms with Crippen LogP contribution in [-0.4, -0.2) is 58.9 Å². The number of Topliss-reactive ketones (excluding diaryl/α,β-unsaturated/α-hetero) is 1. The average Bonchev–Trinajstić information content (AvgIpc) is 2.73. The van der Waals surface area contributed by atoms with Crippen molar-refractivity contribution in [1.82, 2.24) is 15.1 Å². The van der Waals surface area contributed by atoms with Gasteiger partial charge in [-0.05, 0) is 48.6 Å². The number of ketones is 1. The number of anilines is 2. The van der Waals surface area contributed by atoms with Gasteiger partial charge >= 0.3 is 0 Å². The lowest BCUT2D eigenvalue weighted by molar-refractivity contribution is -0.144. The molecule has 2 saturated heterocycles. The Morgan fingerprint density at radius 1 is 1.03 bits per heavy atom. The fourth-order valence-electron chi connectivity index (χ4n) is 4.02. The fourth-order valence-corrected chi connectivity index (χ4v) is 4.02. The smallest absolute Gasteiger partial charge is 0.289 e. The molecule has 3 heterocycles. The number of benzene rings is 1. The van der Waals surface area contributed by atoms with Crippen molar-refractivity contribution in [2.45, 2.75) is 25.7 Å². The van der Waals surface area contributed by atoms with Gasteiger partial charge in [0, 0.05) is 45.0 Å². The molecule has 0 radical (unpaired) electrons. The second kappa shape index (κ2) is 8.61. The molecule has 8 heteroatoms. The summed E-state index contributed by atoms with van der Waals surface area (Å²) in [5.41, 5.74) is 1.98. The topological polar surface area (TPSA) is 95.5 Å². The summed E-state index contributed by atoms with van der Waals surface area (Å²) >= 11 is 0. The minimum Gasteiger partial charge on any atom is -0.353 e. The molecule has 0 spiro atoms. The first-order valence-corrected chi connectivity index (χ1v) is 10.2. The highest BCUT2D eigenvalue weighted by Gasteiger charge is 2.33. The van der Waals surface area contributed by atoms with Gasteiger partial charge in [-0.25, -0.2) is 0 Å². The Hall–Kier alpha value is -3.29. The summed E-state index contributed by atoms with van der Waals surface area (Å²) in [6.07, 6.45) is 3.31. The predicted molar refractivity (Wildman–Crippen MR) is 112 cm³/mol. The summed E-state index contributed by atoms with van der Waals surface area (Å²) in [6.45, 7) is 3.80. The van der Waals surface area contributed by atoms with Gasteiger partial charge in [0.05, 0.1) is 5.92 Å². The van der Waals surface area contributed by atoms with Gasteiger partial charge in [0.15, 0.2) is 5.82 Å². The van der Waals surface area contributed by atoms with Gasteiger partial charge in [-0.1, -0.05) is 12.1 Å². The molecule has 30 heavy (non-hydrogen) atoms. The number of hydrogen-bond acceptors (Lipinski definition) is 6. The molecule has 1 aromatic heterocycles. The highest BCUT2D eigenvalue weighted by Crippen LogP contribution is 2.29. The molecular formula is C22H25N5O3. The number of amides is 2. The van der Waals surface area contributed by atoms with Crippen LogP contribution in [0.1, 0.15) is 31.2 Å². The zero-order chi connectivity index (χ0) is 21.1. The van der Waals surface area contributed by atoms with Gasteiger partial charge in [-0.2, -0.15) is 5.10 Å². The molecule has 8 nitrogen and oxygen atoms in total. The van der Waals surface area contributed by atoms with Crippen LogP contribution in [0, 0.1) is 5.92 Å². The highest BCUT2D eigenvalue weighted by molar-refractivity contribution is 6.35. The second-order valence-electron chi connectivity index (χ2n) is 7.92. The molecule has 2 aliphatic rings. The van der Waals surface area contributed by atoms with E-state index < -0.39 is 5.78 Å². The zero-order valence-corrected chi connectivity index (χ0v) is 17.0. The Morgan fingerprint density at radius 2 is 1.73 bits per heavy atom. The molecule has 4 rings (SSSR count). The van der Waals surface area contributed by atoms with Crippen LogP contribution in [0.2, 0.25) is 0 Å². The fraction of sp³-hybridized carbons (Fsp3) is 0.409. The Labute approximate surface area is 175 Å². The summed E-state index contributed by atoms with van der Waals surface area (Å²) in [4.78, 5) is 39.2. The van der Waals surface area contributed by atoms with E-state index in [1.54, 1.807) is 11.1 Å². The Kier molecular flexibility index (Phi) is 5.74. The summed E-state index contributed by atoms with van der Waals surface area (Å²) in [7, 11) is 0. The second-order valence-corrected chi connectivity index (χ2v) is 7.92. The number of piperidine rings is 1. The van der Waals surface area contributed by atoms with Crippen molar-refractivity contribution in [3.05, 3.63) is 48.2 Å². The standard InChI is InChI=1S/C22H25N5O3/c1-15(28)22(30)26-11-8-17(9-12-26)16-4-6-19(7-5-16)24-21(29)18-13-27(14-18)20-3-2-10-23-25-20/h2-7,10,17-18H,8-9,11-14H2,1H3,(H,24,29). The lowest BCUT2D eigenvalue weighted by atomic mass is 9.89. The van der Waals surface area contributed by atoms with Crippen LogP contribution in [0.15, 0.2) is 42.6 Å². The molecule has 2 aromatic rings. The number of aromatic nitrogens is 2. The first kappa shape index (κ1) is 20.0. The number of carbonyl (C=O) groups is 3. The summed E-state index contributed by atoms with van der Waals surface area (Å²) in [5.74, 6) is 0.314. The Bertz CT molecular complexity index is 918. The maximum Gasteiger partial charge on any atom is 0.289 e. The molecule has 0 aliphatic carbocycles. The minimum atomic E-state index is -0.403. The maximum atomic E-state index is 12.5. The summed E-state index contributed by atoms with van der Waals surface area (Å²) in [6, 6.07) is 11.7. The maximum absolute atomic E-state index is 12.5. The molecule has 0 unspecified atom stereocenters. The van der Waals surface area contributed by atoms with E-state index in [9.17, 15) is 14.4 Å². The van der Waals surface area contributed by atoms with E-state index in [0.29, 0.717) is 32.1 Å². The van der Waals surface area contributed by atoms with Crippen LogP contribution in [-0.2, 0) is 14.4 Å². The third-order valence-corrected chi connectivity index (χ3v) is 5.87. The Morgan fingerprint density at radius 3 is 2.33 bits per heavy atom. The third-order valence-electron chi connectivity index (χ3n) is 5.87. The zero-order valence-electron chi connectivity index (χ0n) is 17.0. The normalized spacial score (nSPS) is 17.4. The lowest BCUT2D eigenvalue weighted by Crippen LogP contribution is -2.52. The molecule has 156 valence electrons. The number of hydrogen-bond donors (Lipinski definition) is 1.